The minimum atomic E-state index is -2.21. The van der Waals surface area contributed by atoms with Crippen molar-refractivity contribution in [3.8, 4) is 5.75 Å². The van der Waals surface area contributed by atoms with Gasteiger partial charge in [0.15, 0.2) is 8.32 Å². The Morgan fingerprint density at radius 3 is 2.63 bits per heavy atom. The van der Waals surface area contributed by atoms with Gasteiger partial charge in [-0.15, -0.1) is 0 Å². The van der Waals surface area contributed by atoms with Crippen molar-refractivity contribution in [3.63, 3.8) is 0 Å². The molecule has 0 saturated heterocycles. The number of ether oxygens (including phenoxy) is 2. The van der Waals surface area contributed by atoms with Crippen molar-refractivity contribution in [1.82, 2.24) is 0 Å². The zero-order valence-electron chi connectivity index (χ0n) is 26.5. The van der Waals surface area contributed by atoms with Crippen LogP contribution in [0.3, 0.4) is 0 Å². The van der Waals surface area contributed by atoms with Gasteiger partial charge in [0.2, 0.25) is 0 Å². The first-order valence-electron chi connectivity index (χ1n) is 15.6. The second-order valence-corrected chi connectivity index (χ2v) is 19.6. The van der Waals surface area contributed by atoms with Crippen LogP contribution in [0.2, 0.25) is 23.2 Å². The summed E-state index contributed by atoms with van der Waals surface area (Å²) in [5.74, 6) is 0.732. The quantitative estimate of drug-likeness (QED) is 0.259. The largest absolute Gasteiger partial charge is 0.490 e. The molecule has 43 heavy (non-hydrogen) atoms. The zero-order valence-corrected chi connectivity index (χ0v) is 28.2. The third-order valence-electron chi connectivity index (χ3n) is 10.6. The number of methoxy groups -OCH3 is 1. The molecule has 1 heterocycles. The molecule has 1 fully saturated rings. The van der Waals surface area contributed by atoms with E-state index in [0.29, 0.717) is 12.2 Å². The first-order chi connectivity index (χ1) is 20.3. The molecule has 1 saturated carbocycles. The first kappa shape index (κ1) is 32.3. The molecule has 1 spiro atoms. The van der Waals surface area contributed by atoms with Crippen molar-refractivity contribution in [3.05, 3.63) is 58.1 Å². The second-order valence-electron chi connectivity index (χ2n) is 14.4. The summed E-state index contributed by atoms with van der Waals surface area (Å²) in [4.78, 5) is 15.0. The Hall–Kier alpha value is -2.10. The summed E-state index contributed by atoms with van der Waals surface area (Å²) in [6, 6.07) is 11.8. The number of carbonyl (C=O) groups excluding carboxylic acids is 1. The number of aliphatic hydroxyl groups is 2. The molecule has 5 rings (SSSR count). The summed E-state index contributed by atoms with van der Waals surface area (Å²) in [6.07, 6.45) is 3.60. The molecular weight excluding hydrogens is 582 g/mol. The Morgan fingerprint density at radius 2 is 1.98 bits per heavy atom. The molecule has 0 bridgehead atoms. The van der Waals surface area contributed by atoms with Crippen molar-refractivity contribution >= 4 is 31.6 Å². The van der Waals surface area contributed by atoms with Gasteiger partial charge in [-0.05, 0) is 104 Å². The van der Waals surface area contributed by atoms with Crippen LogP contribution in [0.25, 0.3) is 0 Å². The molecule has 0 radical (unpaired) electrons. The van der Waals surface area contributed by atoms with Crippen molar-refractivity contribution in [2.45, 2.75) is 88.6 Å². The van der Waals surface area contributed by atoms with Crippen LogP contribution >= 0.6 is 11.6 Å². The number of hydrogen-bond donors (Lipinski definition) is 2. The number of anilines is 1. The molecule has 7 nitrogen and oxygen atoms in total. The van der Waals surface area contributed by atoms with E-state index >= 15 is 0 Å². The molecule has 2 aliphatic carbocycles. The number of rotatable bonds is 8. The maximum absolute atomic E-state index is 12.6. The Labute approximate surface area is 262 Å². The van der Waals surface area contributed by atoms with Crippen LogP contribution in [0, 0.1) is 11.8 Å². The van der Waals surface area contributed by atoms with Crippen LogP contribution < -0.4 is 9.64 Å². The van der Waals surface area contributed by atoms with Gasteiger partial charge in [0.05, 0.1) is 37.7 Å². The highest BCUT2D eigenvalue weighted by atomic mass is 35.5. The monoisotopic (exact) mass is 629 g/mol. The highest BCUT2D eigenvalue weighted by molar-refractivity contribution is 6.74. The van der Waals surface area contributed by atoms with E-state index in [9.17, 15) is 15.0 Å². The first-order valence-corrected chi connectivity index (χ1v) is 18.9. The molecule has 5 atom stereocenters. The maximum atomic E-state index is 12.6. The number of hydrogen-bond acceptors (Lipinski definition) is 7. The molecule has 2 aromatic carbocycles. The number of benzene rings is 2. The Morgan fingerprint density at radius 1 is 1.21 bits per heavy atom. The zero-order chi connectivity index (χ0) is 31.2. The maximum Gasteiger partial charge on any atom is 0.337 e. The minimum absolute atomic E-state index is 0.0192. The SMILES string of the molecule is COC(=O)c1ccc2c(c1)N(C[C@@H]1CC[C@H]1[C@@H](O[Si](C)(C)C(C)(C)C)[C@@H](O)CO)C[C@@]1(CCCc3cc(Cl)ccc31)CO2. The third-order valence-corrected chi connectivity index (χ3v) is 15.3. The van der Waals surface area contributed by atoms with Gasteiger partial charge in [0, 0.05) is 23.5 Å². The van der Waals surface area contributed by atoms with Crippen LogP contribution in [-0.2, 0) is 21.0 Å². The van der Waals surface area contributed by atoms with Crippen LogP contribution in [0.5, 0.6) is 5.75 Å². The Kier molecular flexibility index (Phi) is 9.28. The number of carbonyl (C=O) groups is 1. The number of fused-ring (bicyclic) bond motifs is 3. The van der Waals surface area contributed by atoms with Gasteiger partial charge in [0.1, 0.15) is 11.9 Å². The number of halogens is 1. The van der Waals surface area contributed by atoms with E-state index in [1.54, 1.807) is 6.07 Å². The molecular formula is C34H48ClNO6Si. The Balaban J connectivity index is 1.50. The molecule has 1 aliphatic heterocycles. The van der Waals surface area contributed by atoms with Gasteiger partial charge < -0.3 is 29.0 Å². The standard InChI is InChI=1S/C34H48ClNO6Si/c1-33(2,3)43(5,6)42-31(29(38)19-37)26-12-9-24(26)18-36-20-34(15-7-8-22-16-25(35)11-13-27(22)34)21-41-30-14-10-23(17-28(30)36)32(39)40-4/h10-11,13-14,16-17,24,26,29,31,37-38H,7-9,12,15,18-21H2,1-6H3/t24-,26+,29-,31+,34-/m0/s1. The van der Waals surface area contributed by atoms with Gasteiger partial charge in [-0.25, -0.2) is 4.79 Å². The van der Waals surface area contributed by atoms with E-state index in [0.717, 1.165) is 61.7 Å². The fraction of sp³-hybridized carbons (Fsp3) is 0.618. The lowest BCUT2D eigenvalue weighted by molar-refractivity contribution is -0.0731. The van der Waals surface area contributed by atoms with E-state index in [4.69, 9.17) is 25.5 Å². The van der Waals surface area contributed by atoms with Gasteiger partial charge in [0.25, 0.3) is 0 Å². The van der Waals surface area contributed by atoms with Crippen LogP contribution in [0.4, 0.5) is 5.69 Å². The van der Waals surface area contributed by atoms with E-state index in [-0.39, 0.29) is 34.9 Å². The fourth-order valence-electron chi connectivity index (χ4n) is 6.97. The van der Waals surface area contributed by atoms with Crippen LogP contribution in [-0.4, -0.2) is 70.1 Å². The molecule has 0 aromatic heterocycles. The summed E-state index contributed by atoms with van der Waals surface area (Å²) in [5.41, 5.74) is 3.70. The lowest BCUT2D eigenvalue weighted by atomic mass is 9.68. The van der Waals surface area contributed by atoms with Crippen LogP contribution in [0.15, 0.2) is 36.4 Å². The van der Waals surface area contributed by atoms with E-state index in [1.165, 1.54) is 18.2 Å². The van der Waals surface area contributed by atoms with Gasteiger partial charge in [-0.3, -0.25) is 0 Å². The molecule has 0 unspecified atom stereocenters. The number of aliphatic hydroxyl groups excluding tert-OH is 2. The minimum Gasteiger partial charge on any atom is -0.490 e. The third kappa shape index (κ3) is 6.36. The van der Waals surface area contributed by atoms with Gasteiger partial charge in [-0.1, -0.05) is 38.4 Å². The lowest BCUT2D eigenvalue weighted by Crippen LogP contribution is -2.55. The molecule has 0 amide bonds. The lowest BCUT2D eigenvalue weighted by Gasteiger charge is -2.50. The summed E-state index contributed by atoms with van der Waals surface area (Å²) in [5, 5.41) is 21.8. The molecule has 9 heteroatoms. The molecule has 2 N–H and O–H groups in total. The fourth-order valence-corrected chi connectivity index (χ4v) is 8.53. The number of nitrogens with zero attached hydrogens (tertiary/aromatic N) is 1. The van der Waals surface area contributed by atoms with Crippen molar-refractivity contribution in [2.24, 2.45) is 11.8 Å². The summed E-state index contributed by atoms with van der Waals surface area (Å²) >= 11 is 6.42. The smallest absolute Gasteiger partial charge is 0.337 e. The van der Waals surface area contributed by atoms with Crippen molar-refractivity contribution in [1.29, 1.82) is 0 Å². The highest BCUT2D eigenvalue weighted by Crippen LogP contribution is 2.48. The van der Waals surface area contributed by atoms with E-state index in [2.05, 4.69) is 50.9 Å². The number of esters is 1. The predicted molar refractivity (Wildman–Crippen MR) is 173 cm³/mol. The van der Waals surface area contributed by atoms with Crippen LogP contribution in [0.1, 0.15) is 67.9 Å². The highest BCUT2D eigenvalue weighted by Gasteiger charge is 2.48. The molecule has 236 valence electrons. The average molecular weight is 630 g/mol. The Bertz CT molecular complexity index is 1330. The summed E-state index contributed by atoms with van der Waals surface area (Å²) in [6.45, 7) is 12.7. The van der Waals surface area contributed by atoms with Crippen molar-refractivity contribution < 1.29 is 28.9 Å². The summed E-state index contributed by atoms with van der Waals surface area (Å²) < 4.78 is 18.5. The predicted octanol–water partition coefficient (Wildman–Crippen LogP) is 6.37. The topological polar surface area (TPSA) is 88.5 Å². The molecule has 3 aliphatic rings. The van der Waals surface area contributed by atoms with Gasteiger partial charge >= 0.3 is 5.97 Å². The number of aryl methyl sites for hydroxylation is 1. The summed E-state index contributed by atoms with van der Waals surface area (Å²) in [7, 11) is -0.809. The van der Waals surface area contributed by atoms with E-state index < -0.39 is 20.5 Å². The van der Waals surface area contributed by atoms with Crippen molar-refractivity contribution in [2.75, 3.05) is 38.3 Å². The average Bonchev–Trinajstić information content (AvgIpc) is 3.10. The molecule has 2 aromatic rings. The van der Waals surface area contributed by atoms with E-state index in [1.807, 2.05) is 18.2 Å². The second kappa shape index (κ2) is 12.4. The van der Waals surface area contributed by atoms with Gasteiger partial charge in [-0.2, -0.15) is 0 Å². The normalized spacial score (nSPS) is 25.1.